The van der Waals surface area contributed by atoms with Gasteiger partial charge >= 0.3 is 0 Å². The van der Waals surface area contributed by atoms with E-state index in [0.717, 1.165) is 6.42 Å². The fourth-order valence-electron chi connectivity index (χ4n) is 3.02. The Bertz CT molecular complexity index is 573. The Morgan fingerprint density at radius 2 is 2.00 bits per heavy atom. The van der Waals surface area contributed by atoms with Crippen molar-refractivity contribution in [1.29, 1.82) is 0 Å². The van der Waals surface area contributed by atoms with Gasteiger partial charge in [-0.3, -0.25) is 14.4 Å². The molecule has 0 radical (unpaired) electrons. The van der Waals surface area contributed by atoms with E-state index in [9.17, 15) is 14.4 Å². The summed E-state index contributed by atoms with van der Waals surface area (Å²) < 4.78 is 5.26. The van der Waals surface area contributed by atoms with Gasteiger partial charge in [0.2, 0.25) is 5.91 Å². The van der Waals surface area contributed by atoms with Crippen LogP contribution in [-0.4, -0.2) is 30.7 Å². The number of methoxy groups -OCH3 is 1. The summed E-state index contributed by atoms with van der Waals surface area (Å²) in [6.45, 7) is 0. The number of primary amides is 1. The molecule has 1 aliphatic carbocycles. The number of benzene rings is 1. The number of nitrogens with one attached hydrogen (secondary N) is 1. The number of ether oxygens (including phenoxy) is 1. The molecule has 2 rings (SSSR count). The van der Waals surface area contributed by atoms with Gasteiger partial charge in [0.05, 0.1) is 0 Å². The van der Waals surface area contributed by atoms with E-state index in [4.69, 9.17) is 10.5 Å². The molecule has 0 aliphatic heterocycles. The molecule has 0 aromatic heterocycles. The molecule has 0 spiro atoms. The molecule has 1 fully saturated rings. The van der Waals surface area contributed by atoms with Crippen LogP contribution in [-0.2, 0) is 19.1 Å². The summed E-state index contributed by atoms with van der Waals surface area (Å²) in [6, 6.07) is 8.15. The van der Waals surface area contributed by atoms with Crippen molar-refractivity contribution in [1.82, 2.24) is 5.32 Å². The number of hydrogen-bond acceptors (Lipinski definition) is 4. The highest BCUT2D eigenvalue weighted by Crippen LogP contribution is 2.25. The third-order valence-electron chi connectivity index (χ3n) is 4.17. The van der Waals surface area contributed by atoms with Crippen LogP contribution in [0.15, 0.2) is 30.3 Å². The second-order valence-corrected chi connectivity index (χ2v) is 5.81. The molecule has 3 atom stereocenters. The van der Waals surface area contributed by atoms with Crippen molar-refractivity contribution in [2.45, 2.75) is 37.8 Å². The van der Waals surface area contributed by atoms with Crippen molar-refractivity contribution in [2.75, 3.05) is 7.11 Å². The first kappa shape index (κ1) is 17.1. The van der Waals surface area contributed by atoms with Crippen LogP contribution in [0.3, 0.4) is 0 Å². The van der Waals surface area contributed by atoms with E-state index in [0.29, 0.717) is 18.4 Å². The molecule has 0 saturated heterocycles. The van der Waals surface area contributed by atoms with Crippen LogP contribution in [0.1, 0.15) is 37.4 Å². The van der Waals surface area contributed by atoms with Crippen LogP contribution < -0.4 is 11.1 Å². The van der Waals surface area contributed by atoms with Gasteiger partial charge in [-0.05, 0) is 24.3 Å². The Labute approximate surface area is 135 Å². The number of carbonyl (C=O) groups excluding carboxylic acids is 3. The number of hydrogen-bond donors (Lipinski definition) is 2. The van der Waals surface area contributed by atoms with Gasteiger partial charge in [0.1, 0.15) is 11.8 Å². The molecule has 3 N–H and O–H groups in total. The molecule has 6 heteroatoms. The number of Topliss-reactive ketones (excluding diaryl/α,β-unsaturated/α-hetero) is 1. The van der Waals surface area contributed by atoms with E-state index in [2.05, 4.69) is 5.32 Å². The van der Waals surface area contributed by atoms with Crippen LogP contribution in [0.5, 0.6) is 0 Å². The predicted octanol–water partition coefficient (Wildman–Crippen LogP) is 1.10. The summed E-state index contributed by atoms with van der Waals surface area (Å²) in [5.74, 6) is -1.19. The number of amides is 2. The number of ketones is 1. The van der Waals surface area contributed by atoms with Gasteiger partial charge in [0, 0.05) is 20.0 Å². The quantitative estimate of drug-likeness (QED) is 0.820. The van der Waals surface area contributed by atoms with Crippen LogP contribution in [0, 0.1) is 5.92 Å². The largest absolute Gasteiger partial charge is 0.368 e. The minimum absolute atomic E-state index is 0.105. The minimum atomic E-state index is -0.854. The van der Waals surface area contributed by atoms with Gasteiger partial charge in [-0.1, -0.05) is 30.3 Å². The van der Waals surface area contributed by atoms with E-state index in [1.807, 2.05) is 6.07 Å². The highest BCUT2D eigenvalue weighted by molar-refractivity contribution is 5.90. The predicted molar refractivity (Wildman–Crippen MR) is 84.3 cm³/mol. The van der Waals surface area contributed by atoms with Gasteiger partial charge in [-0.2, -0.15) is 0 Å². The summed E-state index contributed by atoms with van der Waals surface area (Å²) in [6.07, 6.45) is 1.40. The number of carbonyl (C=O) groups is 3. The molecular formula is C17H22N2O4. The normalized spacial score (nSPS) is 20.6. The van der Waals surface area contributed by atoms with E-state index >= 15 is 0 Å². The lowest BCUT2D eigenvalue weighted by atomic mass is 9.82. The lowest BCUT2D eigenvalue weighted by Gasteiger charge is -2.29. The standard InChI is InChI=1S/C17H22N2O4/c1-23-15(11-6-3-2-4-7-11)17(22)19-14(16(18)21)12-8-5-9-13(20)10-12/h2-4,6-7,12,14-15H,5,8-10H2,1H3,(H2,18,21)(H,19,22)/t12-,14+,15-/m0/s1. The van der Waals surface area contributed by atoms with Crippen LogP contribution in [0.25, 0.3) is 0 Å². The van der Waals surface area contributed by atoms with Crippen molar-refractivity contribution in [2.24, 2.45) is 11.7 Å². The molecule has 124 valence electrons. The lowest BCUT2D eigenvalue weighted by molar-refractivity contribution is -0.136. The summed E-state index contributed by atoms with van der Waals surface area (Å²) in [7, 11) is 1.43. The zero-order valence-electron chi connectivity index (χ0n) is 13.2. The SMILES string of the molecule is CO[C@H](C(=O)N[C@@H](C(N)=O)[C@H]1CCCC(=O)C1)c1ccccc1. The average molecular weight is 318 g/mol. The first-order chi connectivity index (χ1) is 11.0. The average Bonchev–Trinajstić information content (AvgIpc) is 2.54. The Morgan fingerprint density at radius 3 is 2.57 bits per heavy atom. The van der Waals surface area contributed by atoms with Crippen molar-refractivity contribution in [3.05, 3.63) is 35.9 Å². The van der Waals surface area contributed by atoms with Gasteiger partial charge < -0.3 is 15.8 Å². The van der Waals surface area contributed by atoms with E-state index in [1.54, 1.807) is 24.3 Å². The maximum absolute atomic E-state index is 12.5. The zero-order chi connectivity index (χ0) is 16.8. The molecular weight excluding hydrogens is 296 g/mol. The maximum Gasteiger partial charge on any atom is 0.254 e. The summed E-state index contributed by atoms with van der Waals surface area (Å²) in [4.78, 5) is 35.8. The Kier molecular flexibility index (Phi) is 5.87. The minimum Gasteiger partial charge on any atom is -0.368 e. The van der Waals surface area contributed by atoms with E-state index in [-0.39, 0.29) is 18.1 Å². The Balaban J connectivity index is 2.10. The van der Waals surface area contributed by atoms with Crippen LogP contribution in [0.2, 0.25) is 0 Å². The fourth-order valence-corrected chi connectivity index (χ4v) is 3.02. The lowest BCUT2D eigenvalue weighted by Crippen LogP contribution is -2.51. The van der Waals surface area contributed by atoms with Gasteiger partial charge in [-0.15, -0.1) is 0 Å². The van der Waals surface area contributed by atoms with Gasteiger partial charge in [0.15, 0.2) is 6.10 Å². The smallest absolute Gasteiger partial charge is 0.254 e. The van der Waals surface area contributed by atoms with Gasteiger partial charge in [0.25, 0.3) is 5.91 Å². The molecule has 1 aliphatic rings. The van der Waals surface area contributed by atoms with Crippen molar-refractivity contribution < 1.29 is 19.1 Å². The summed E-state index contributed by atoms with van der Waals surface area (Å²) >= 11 is 0. The van der Waals surface area contributed by atoms with Crippen molar-refractivity contribution in [3.8, 4) is 0 Å². The highest BCUT2D eigenvalue weighted by atomic mass is 16.5. The van der Waals surface area contributed by atoms with E-state index in [1.165, 1.54) is 7.11 Å². The molecule has 0 unspecified atom stereocenters. The van der Waals surface area contributed by atoms with Crippen molar-refractivity contribution in [3.63, 3.8) is 0 Å². The molecule has 0 heterocycles. The molecule has 2 amide bonds. The molecule has 1 saturated carbocycles. The molecule has 23 heavy (non-hydrogen) atoms. The fraction of sp³-hybridized carbons (Fsp3) is 0.471. The Hall–Kier alpha value is -2.21. The monoisotopic (exact) mass is 318 g/mol. The van der Waals surface area contributed by atoms with Crippen LogP contribution >= 0.6 is 0 Å². The first-order valence-corrected chi connectivity index (χ1v) is 7.72. The zero-order valence-corrected chi connectivity index (χ0v) is 13.2. The molecule has 1 aromatic carbocycles. The van der Waals surface area contributed by atoms with Gasteiger partial charge in [-0.25, -0.2) is 0 Å². The second kappa shape index (κ2) is 7.87. The van der Waals surface area contributed by atoms with Crippen LogP contribution in [0.4, 0.5) is 0 Å². The third kappa shape index (κ3) is 4.39. The molecule has 1 aromatic rings. The maximum atomic E-state index is 12.5. The number of nitrogens with two attached hydrogens (primary N) is 1. The third-order valence-corrected chi connectivity index (χ3v) is 4.17. The first-order valence-electron chi connectivity index (χ1n) is 7.72. The molecule has 0 bridgehead atoms. The highest BCUT2D eigenvalue weighted by Gasteiger charge is 2.34. The molecule has 6 nitrogen and oxygen atoms in total. The number of rotatable bonds is 6. The van der Waals surface area contributed by atoms with Crippen molar-refractivity contribution >= 4 is 17.6 Å². The van der Waals surface area contributed by atoms with E-state index < -0.39 is 24.0 Å². The Morgan fingerprint density at radius 1 is 1.30 bits per heavy atom. The second-order valence-electron chi connectivity index (χ2n) is 5.81. The topological polar surface area (TPSA) is 98.5 Å². The summed E-state index contributed by atoms with van der Waals surface area (Å²) in [5, 5.41) is 2.67. The summed E-state index contributed by atoms with van der Waals surface area (Å²) in [5.41, 5.74) is 6.13.